The van der Waals surface area contributed by atoms with Gasteiger partial charge >= 0.3 is 11.8 Å². The van der Waals surface area contributed by atoms with Gasteiger partial charge in [0.15, 0.2) is 0 Å². The van der Waals surface area contributed by atoms with E-state index in [2.05, 4.69) is 34.9 Å². The van der Waals surface area contributed by atoms with Crippen LogP contribution < -0.4 is 10.6 Å². The van der Waals surface area contributed by atoms with Crippen LogP contribution in [0.3, 0.4) is 0 Å². The predicted molar refractivity (Wildman–Crippen MR) is 117 cm³/mol. The predicted octanol–water partition coefficient (Wildman–Crippen LogP) is 4.93. The molecule has 0 aromatic heterocycles. The van der Waals surface area contributed by atoms with Gasteiger partial charge in [0.05, 0.1) is 0 Å². The molecule has 3 aromatic carbocycles. The largest absolute Gasteiger partial charge is 0.348 e. The van der Waals surface area contributed by atoms with Crippen molar-refractivity contribution in [2.75, 3.05) is 11.9 Å². The van der Waals surface area contributed by atoms with Gasteiger partial charge in [0.1, 0.15) is 0 Å². The van der Waals surface area contributed by atoms with Crippen molar-refractivity contribution in [3.63, 3.8) is 0 Å². The molecular formula is C24H23ClN2O2. The first-order chi connectivity index (χ1) is 14.1. The Kier molecular flexibility index (Phi) is 7.04. The van der Waals surface area contributed by atoms with Crippen LogP contribution >= 0.6 is 11.6 Å². The molecule has 0 heterocycles. The van der Waals surface area contributed by atoms with Gasteiger partial charge < -0.3 is 10.6 Å². The average Bonchev–Trinajstić information content (AvgIpc) is 2.75. The third-order valence-electron chi connectivity index (χ3n) is 4.84. The number of halogens is 1. The van der Waals surface area contributed by atoms with Crippen LogP contribution in [-0.2, 0) is 9.59 Å². The number of rotatable bonds is 6. The number of hydrogen-bond donors (Lipinski definition) is 2. The van der Waals surface area contributed by atoms with Crippen LogP contribution in [0.15, 0.2) is 78.9 Å². The highest BCUT2D eigenvalue weighted by Crippen LogP contribution is 2.27. The van der Waals surface area contributed by atoms with Gasteiger partial charge in [-0.05, 0) is 42.2 Å². The zero-order valence-electron chi connectivity index (χ0n) is 16.2. The van der Waals surface area contributed by atoms with E-state index < -0.39 is 11.8 Å². The summed E-state index contributed by atoms with van der Waals surface area (Å²) in [6.07, 6.45) is 0.684. The molecule has 3 rings (SSSR count). The van der Waals surface area contributed by atoms with Crippen LogP contribution in [0.25, 0.3) is 0 Å². The molecule has 0 bridgehead atoms. The van der Waals surface area contributed by atoms with Gasteiger partial charge in [0.2, 0.25) is 0 Å². The fourth-order valence-electron chi connectivity index (χ4n) is 3.23. The zero-order chi connectivity index (χ0) is 20.6. The second-order valence-electron chi connectivity index (χ2n) is 6.79. The number of nitrogens with one attached hydrogen (secondary N) is 2. The summed E-state index contributed by atoms with van der Waals surface area (Å²) in [4.78, 5) is 24.5. The van der Waals surface area contributed by atoms with Crippen LogP contribution in [0.2, 0.25) is 5.02 Å². The lowest BCUT2D eigenvalue weighted by Gasteiger charge is -2.18. The summed E-state index contributed by atoms with van der Waals surface area (Å²) in [5, 5.41) is 5.88. The number of carbonyl (C=O) groups excluding carboxylic acids is 2. The van der Waals surface area contributed by atoms with E-state index in [0.717, 1.165) is 5.56 Å². The maximum absolute atomic E-state index is 12.2. The summed E-state index contributed by atoms with van der Waals surface area (Å²) in [5.74, 6) is -1.23. The molecule has 0 unspecified atom stereocenters. The van der Waals surface area contributed by atoms with Gasteiger partial charge in [0.25, 0.3) is 0 Å². The number of benzene rings is 3. The minimum atomic E-state index is -0.702. The van der Waals surface area contributed by atoms with Crippen molar-refractivity contribution in [1.82, 2.24) is 5.32 Å². The van der Waals surface area contributed by atoms with Crippen molar-refractivity contribution in [3.8, 4) is 0 Å². The lowest BCUT2D eigenvalue weighted by Crippen LogP contribution is -2.36. The van der Waals surface area contributed by atoms with Crippen molar-refractivity contribution in [2.24, 2.45) is 0 Å². The molecule has 0 saturated carbocycles. The molecule has 4 nitrogen and oxygen atoms in total. The Morgan fingerprint density at radius 2 is 1.41 bits per heavy atom. The number of anilines is 1. The minimum absolute atomic E-state index is 0.135. The fourth-order valence-corrected chi connectivity index (χ4v) is 3.40. The third kappa shape index (κ3) is 5.46. The highest BCUT2D eigenvalue weighted by Gasteiger charge is 2.17. The van der Waals surface area contributed by atoms with Crippen molar-refractivity contribution in [1.29, 1.82) is 0 Å². The van der Waals surface area contributed by atoms with Gasteiger partial charge in [0, 0.05) is 23.2 Å². The van der Waals surface area contributed by atoms with Gasteiger partial charge in [-0.15, -0.1) is 0 Å². The SMILES string of the molecule is Cc1c(Cl)cccc1NC(=O)C(=O)NCCC(c1ccccc1)c1ccccc1. The lowest BCUT2D eigenvalue weighted by molar-refractivity contribution is -0.136. The molecule has 2 amide bonds. The monoisotopic (exact) mass is 406 g/mol. The van der Waals surface area contributed by atoms with Crippen LogP contribution in [0, 0.1) is 6.92 Å². The number of amides is 2. The molecule has 0 saturated heterocycles. The number of carbonyl (C=O) groups is 2. The van der Waals surface area contributed by atoms with E-state index >= 15 is 0 Å². The van der Waals surface area contributed by atoms with Crippen molar-refractivity contribution >= 4 is 29.1 Å². The zero-order valence-corrected chi connectivity index (χ0v) is 16.9. The fraction of sp³-hybridized carbons (Fsp3) is 0.167. The minimum Gasteiger partial charge on any atom is -0.348 e. The summed E-state index contributed by atoms with van der Waals surface area (Å²) >= 11 is 6.06. The second kappa shape index (κ2) is 9.89. The lowest BCUT2D eigenvalue weighted by atomic mass is 9.88. The van der Waals surface area contributed by atoms with Gasteiger partial charge in [-0.1, -0.05) is 78.3 Å². The van der Waals surface area contributed by atoms with Gasteiger partial charge in [-0.25, -0.2) is 0 Å². The van der Waals surface area contributed by atoms with Crippen molar-refractivity contribution < 1.29 is 9.59 Å². The third-order valence-corrected chi connectivity index (χ3v) is 5.25. The highest BCUT2D eigenvalue weighted by molar-refractivity contribution is 6.40. The smallest absolute Gasteiger partial charge is 0.313 e. The van der Waals surface area contributed by atoms with Gasteiger partial charge in [-0.3, -0.25) is 9.59 Å². The van der Waals surface area contributed by atoms with Crippen molar-refractivity contribution in [2.45, 2.75) is 19.3 Å². The maximum atomic E-state index is 12.2. The summed E-state index contributed by atoms with van der Waals surface area (Å²) in [6, 6.07) is 25.5. The van der Waals surface area contributed by atoms with Gasteiger partial charge in [-0.2, -0.15) is 0 Å². The molecule has 0 aliphatic rings. The molecule has 2 N–H and O–H groups in total. The van der Waals surface area contributed by atoms with Crippen LogP contribution in [0.4, 0.5) is 5.69 Å². The summed E-state index contributed by atoms with van der Waals surface area (Å²) in [5.41, 5.74) is 3.60. The topological polar surface area (TPSA) is 58.2 Å². The van der Waals surface area contributed by atoms with E-state index in [9.17, 15) is 9.59 Å². The molecule has 5 heteroatoms. The normalized spacial score (nSPS) is 10.6. The first-order valence-electron chi connectivity index (χ1n) is 9.50. The molecule has 0 spiro atoms. The van der Waals surface area contributed by atoms with Crippen LogP contribution in [0.1, 0.15) is 29.0 Å². The summed E-state index contributed by atoms with van der Waals surface area (Å²) < 4.78 is 0. The highest BCUT2D eigenvalue weighted by atomic mass is 35.5. The quantitative estimate of drug-likeness (QED) is 0.570. The molecule has 0 fully saturated rings. The molecule has 3 aromatic rings. The molecule has 0 atom stereocenters. The summed E-state index contributed by atoms with van der Waals surface area (Å²) in [7, 11) is 0. The molecule has 0 radical (unpaired) electrons. The van der Waals surface area contributed by atoms with Crippen LogP contribution in [0.5, 0.6) is 0 Å². The van der Waals surface area contributed by atoms with E-state index in [1.165, 1.54) is 11.1 Å². The first-order valence-corrected chi connectivity index (χ1v) is 9.88. The standard InChI is InChI=1S/C24H23ClN2O2/c1-17-21(25)13-8-14-22(17)27-24(29)23(28)26-16-15-20(18-9-4-2-5-10-18)19-11-6-3-7-12-19/h2-14,20H,15-16H2,1H3,(H,26,28)(H,27,29). The first kappa shape index (κ1) is 20.6. The van der Waals surface area contributed by atoms with Crippen LogP contribution in [-0.4, -0.2) is 18.4 Å². The number of hydrogen-bond acceptors (Lipinski definition) is 2. The average molecular weight is 407 g/mol. The van der Waals surface area contributed by atoms with E-state index in [4.69, 9.17) is 11.6 Å². The molecule has 0 aliphatic carbocycles. The van der Waals surface area contributed by atoms with Crippen molar-refractivity contribution in [3.05, 3.63) is 101 Å². The Morgan fingerprint density at radius 1 is 0.828 bits per heavy atom. The summed E-state index contributed by atoms with van der Waals surface area (Å²) in [6.45, 7) is 2.18. The Bertz CT molecular complexity index is 935. The molecule has 0 aliphatic heterocycles. The molecular weight excluding hydrogens is 384 g/mol. The Hall–Kier alpha value is -3.11. The molecule has 29 heavy (non-hydrogen) atoms. The Morgan fingerprint density at radius 3 is 2.00 bits per heavy atom. The Balaban J connectivity index is 1.61. The van der Waals surface area contributed by atoms with E-state index in [1.807, 2.05) is 36.4 Å². The Labute approximate surface area is 175 Å². The maximum Gasteiger partial charge on any atom is 0.313 e. The van der Waals surface area contributed by atoms with E-state index in [1.54, 1.807) is 25.1 Å². The van der Waals surface area contributed by atoms with E-state index in [-0.39, 0.29) is 5.92 Å². The second-order valence-corrected chi connectivity index (χ2v) is 7.19. The molecule has 148 valence electrons. The van der Waals surface area contributed by atoms with E-state index in [0.29, 0.717) is 23.7 Å².